The molecule has 0 aliphatic carbocycles. The summed E-state index contributed by atoms with van der Waals surface area (Å²) in [6, 6.07) is 12.3. The van der Waals surface area contributed by atoms with Crippen molar-refractivity contribution in [1.82, 2.24) is 4.90 Å². The van der Waals surface area contributed by atoms with Gasteiger partial charge < -0.3 is 14.2 Å². The van der Waals surface area contributed by atoms with Gasteiger partial charge in [0.05, 0.1) is 10.9 Å². The minimum atomic E-state index is -1.50. The monoisotopic (exact) mass is 438 g/mol. The number of rotatable bonds is 1. The van der Waals surface area contributed by atoms with Crippen LogP contribution in [0.2, 0.25) is 0 Å². The van der Waals surface area contributed by atoms with Crippen LogP contribution in [0.5, 0.6) is 0 Å². The molecule has 2 aliphatic rings. The summed E-state index contributed by atoms with van der Waals surface area (Å²) < 4.78 is 6.60. The maximum Gasteiger partial charge on any atom is 0.291 e. The van der Waals surface area contributed by atoms with Gasteiger partial charge in [0.15, 0.2) is 11.0 Å². The van der Waals surface area contributed by atoms with Crippen molar-refractivity contribution in [3.63, 3.8) is 0 Å². The fourth-order valence-electron chi connectivity index (χ4n) is 4.48. The quantitative estimate of drug-likeness (QED) is 0.584. The lowest BCUT2D eigenvalue weighted by Gasteiger charge is -2.33. The summed E-state index contributed by atoms with van der Waals surface area (Å²) in [5.41, 5.74) is -0.130. The van der Waals surface area contributed by atoms with Gasteiger partial charge in [0.25, 0.3) is 11.8 Å². The molecule has 5 rings (SSSR count). The third-order valence-corrected chi connectivity index (χ3v) is 6.14. The summed E-state index contributed by atoms with van der Waals surface area (Å²) in [6.07, 6.45) is 0. The Bertz CT molecular complexity index is 1260. The van der Waals surface area contributed by atoms with Gasteiger partial charge in [-0.1, -0.05) is 34.1 Å². The number of amides is 2. The zero-order valence-electron chi connectivity index (χ0n) is 15.2. The Kier molecular flexibility index (Phi) is 3.40. The standard InChI is InChI=1S/C21H15BrN2O4/c1-3-24-19(26)18-16(17(25)12-10-11(22)8-9-15(12)28-18)21(24)13-6-4-5-7-14(13)23(2)20(21)27/h4-10H,3H2,1-2H3/t21-/m0/s1. The number of benzene rings is 2. The largest absolute Gasteiger partial charge is 0.450 e. The summed E-state index contributed by atoms with van der Waals surface area (Å²) in [4.78, 5) is 43.3. The van der Waals surface area contributed by atoms with Crippen molar-refractivity contribution in [3.05, 3.63) is 74.0 Å². The number of hydrogen-bond donors (Lipinski definition) is 0. The normalized spacial score (nSPS) is 20.4. The molecule has 0 N–H and O–H groups in total. The molecule has 0 bridgehead atoms. The maximum absolute atomic E-state index is 13.6. The van der Waals surface area contributed by atoms with Crippen molar-refractivity contribution in [2.75, 3.05) is 18.5 Å². The number of fused-ring (bicyclic) bond motifs is 5. The van der Waals surface area contributed by atoms with Gasteiger partial charge in [0, 0.05) is 29.3 Å². The van der Waals surface area contributed by atoms with Crippen LogP contribution < -0.4 is 10.3 Å². The van der Waals surface area contributed by atoms with Crippen molar-refractivity contribution in [3.8, 4) is 0 Å². The molecule has 3 heterocycles. The van der Waals surface area contributed by atoms with Gasteiger partial charge in [0.2, 0.25) is 5.76 Å². The summed E-state index contributed by atoms with van der Waals surface area (Å²) in [7, 11) is 1.66. The molecular weight excluding hydrogens is 424 g/mol. The minimum Gasteiger partial charge on any atom is -0.450 e. The third-order valence-electron chi connectivity index (χ3n) is 5.64. The van der Waals surface area contributed by atoms with E-state index in [0.717, 1.165) is 0 Å². The first-order chi connectivity index (χ1) is 13.4. The number of carbonyl (C=O) groups is 2. The Labute approximate surface area is 168 Å². The van der Waals surface area contributed by atoms with Crippen molar-refractivity contribution in [1.29, 1.82) is 0 Å². The van der Waals surface area contributed by atoms with Crippen LogP contribution in [0, 0.1) is 0 Å². The Morgan fingerprint density at radius 2 is 1.86 bits per heavy atom. The molecule has 7 heteroatoms. The van der Waals surface area contributed by atoms with Crippen molar-refractivity contribution in [2.24, 2.45) is 0 Å². The van der Waals surface area contributed by atoms with Gasteiger partial charge in [0.1, 0.15) is 5.58 Å². The second-order valence-corrected chi connectivity index (χ2v) is 7.83. The number of anilines is 1. The molecule has 0 unspecified atom stereocenters. The molecular formula is C21H15BrN2O4. The average Bonchev–Trinajstić information content (AvgIpc) is 3.08. The van der Waals surface area contributed by atoms with E-state index in [0.29, 0.717) is 26.7 Å². The molecule has 0 saturated carbocycles. The van der Waals surface area contributed by atoms with Crippen LogP contribution in [0.15, 0.2) is 56.1 Å². The first-order valence-corrected chi connectivity index (χ1v) is 9.68. The molecule has 2 aliphatic heterocycles. The average molecular weight is 439 g/mol. The number of carbonyl (C=O) groups excluding carboxylic acids is 2. The number of nitrogens with zero attached hydrogens (tertiary/aromatic N) is 2. The van der Waals surface area contributed by atoms with E-state index in [1.165, 1.54) is 9.80 Å². The SMILES string of the molecule is CCN1C(=O)c2oc3ccc(Br)cc3c(=O)c2[C@@]12C(=O)N(C)c1ccccc12. The molecule has 2 amide bonds. The zero-order chi connectivity index (χ0) is 19.8. The Morgan fingerprint density at radius 1 is 1.11 bits per heavy atom. The molecule has 0 radical (unpaired) electrons. The van der Waals surface area contributed by atoms with Crippen LogP contribution in [-0.2, 0) is 10.3 Å². The molecule has 28 heavy (non-hydrogen) atoms. The van der Waals surface area contributed by atoms with Crippen LogP contribution in [-0.4, -0.2) is 30.3 Å². The molecule has 0 fully saturated rings. The first kappa shape index (κ1) is 17.2. The second kappa shape index (κ2) is 5.54. The second-order valence-electron chi connectivity index (χ2n) is 6.92. The highest BCUT2D eigenvalue weighted by Crippen LogP contribution is 2.51. The maximum atomic E-state index is 13.6. The third kappa shape index (κ3) is 1.80. The van der Waals surface area contributed by atoms with Crippen LogP contribution in [0.4, 0.5) is 5.69 Å². The molecule has 3 aromatic rings. The predicted molar refractivity (Wildman–Crippen MR) is 108 cm³/mol. The van der Waals surface area contributed by atoms with E-state index in [9.17, 15) is 14.4 Å². The summed E-state index contributed by atoms with van der Waals surface area (Å²) in [5, 5.41) is 0.332. The minimum absolute atomic E-state index is 0.0554. The summed E-state index contributed by atoms with van der Waals surface area (Å²) in [5.74, 6) is -0.831. The van der Waals surface area contributed by atoms with Gasteiger partial charge >= 0.3 is 0 Å². The molecule has 1 aromatic heterocycles. The van der Waals surface area contributed by atoms with Crippen LogP contribution in [0.25, 0.3) is 11.0 Å². The van der Waals surface area contributed by atoms with E-state index in [1.807, 2.05) is 18.2 Å². The molecule has 1 spiro atoms. The van der Waals surface area contributed by atoms with E-state index < -0.39 is 11.4 Å². The molecule has 6 nitrogen and oxygen atoms in total. The fourth-order valence-corrected chi connectivity index (χ4v) is 4.84. The Morgan fingerprint density at radius 3 is 2.61 bits per heavy atom. The topological polar surface area (TPSA) is 70.8 Å². The number of para-hydroxylation sites is 1. The lowest BCUT2D eigenvalue weighted by atomic mass is 9.84. The van der Waals surface area contributed by atoms with Gasteiger partial charge in [-0.3, -0.25) is 14.4 Å². The van der Waals surface area contributed by atoms with Gasteiger partial charge in [-0.15, -0.1) is 0 Å². The van der Waals surface area contributed by atoms with E-state index in [2.05, 4.69) is 15.9 Å². The Hall–Kier alpha value is -2.93. The van der Waals surface area contributed by atoms with Crippen molar-refractivity contribution >= 4 is 44.4 Å². The zero-order valence-corrected chi connectivity index (χ0v) is 16.7. The van der Waals surface area contributed by atoms with Crippen LogP contribution in [0.1, 0.15) is 28.6 Å². The lowest BCUT2D eigenvalue weighted by molar-refractivity contribution is -0.125. The highest BCUT2D eigenvalue weighted by molar-refractivity contribution is 9.10. The smallest absolute Gasteiger partial charge is 0.291 e. The molecule has 2 aromatic carbocycles. The fraction of sp³-hybridized carbons (Fsp3) is 0.190. The molecule has 1 atom stereocenters. The molecule has 0 saturated heterocycles. The van der Waals surface area contributed by atoms with Crippen molar-refractivity contribution in [2.45, 2.75) is 12.5 Å². The lowest BCUT2D eigenvalue weighted by Crippen LogP contribution is -2.52. The van der Waals surface area contributed by atoms with Crippen LogP contribution >= 0.6 is 15.9 Å². The number of hydrogen-bond acceptors (Lipinski definition) is 4. The summed E-state index contributed by atoms with van der Waals surface area (Å²) >= 11 is 3.37. The van der Waals surface area contributed by atoms with Gasteiger partial charge in [-0.2, -0.15) is 0 Å². The highest BCUT2D eigenvalue weighted by atomic mass is 79.9. The Balaban J connectivity index is 1.99. The van der Waals surface area contributed by atoms with E-state index in [-0.39, 0.29) is 29.2 Å². The number of halogens is 1. The predicted octanol–water partition coefficient (Wildman–Crippen LogP) is 3.25. The number of likely N-dealkylation sites (N-methyl/N-ethyl adjacent to an activating group) is 2. The van der Waals surface area contributed by atoms with E-state index >= 15 is 0 Å². The van der Waals surface area contributed by atoms with Crippen LogP contribution in [0.3, 0.4) is 0 Å². The van der Waals surface area contributed by atoms with E-state index in [1.54, 1.807) is 38.2 Å². The van der Waals surface area contributed by atoms with Gasteiger partial charge in [-0.25, -0.2) is 0 Å². The van der Waals surface area contributed by atoms with Crippen molar-refractivity contribution < 1.29 is 14.0 Å². The highest BCUT2D eigenvalue weighted by Gasteiger charge is 2.64. The first-order valence-electron chi connectivity index (χ1n) is 8.89. The van der Waals surface area contributed by atoms with Gasteiger partial charge in [-0.05, 0) is 31.2 Å². The van der Waals surface area contributed by atoms with E-state index in [4.69, 9.17) is 4.42 Å². The summed E-state index contributed by atoms with van der Waals surface area (Å²) in [6.45, 7) is 2.05. The molecule has 140 valence electrons.